The molecule has 0 saturated carbocycles. The summed E-state index contributed by atoms with van der Waals surface area (Å²) in [7, 11) is 1.92. The van der Waals surface area contributed by atoms with Crippen LogP contribution in [0.2, 0.25) is 0 Å². The summed E-state index contributed by atoms with van der Waals surface area (Å²) in [5.41, 5.74) is 0.0612. The highest BCUT2D eigenvalue weighted by Gasteiger charge is 2.08. The monoisotopic (exact) mass is 321 g/mol. The number of halogens is 1. The largest absolute Gasteiger partial charge is 0.319 e. The van der Waals surface area contributed by atoms with Gasteiger partial charge in [-0.2, -0.15) is 0 Å². The van der Waals surface area contributed by atoms with Gasteiger partial charge in [-0.1, -0.05) is 6.92 Å². The molecule has 0 fully saturated rings. The van der Waals surface area contributed by atoms with Gasteiger partial charge in [-0.05, 0) is 49.0 Å². The number of rotatable bonds is 4. The van der Waals surface area contributed by atoms with Crippen molar-refractivity contribution in [2.45, 2.75) is 20.4 Å². The first kappa shape index (κ1) is 12.6. The minimum atomic E-state index is 0.0612. The first-order valence-corrected chi connectivity index (χ1v) is 6.00. The van der Waals surface area contributed by atoms with E-state index in [4.69, 9.17) is 0 Å². The molecule has 0 spiro atoms. The highest BCUT2D eigenvalue weighted by atomic mass is 127. The minimum Gasteiger partial charge on any atom is -0.319 e. The van der Waals surface area contributed by atoms with E-state index in [9.17, 15) is 4.79 Å². The molecule has 4 nitrogen and oxygen atoms in total. The van der Waals surface area contributed by atoms with Crippen LogP contribution in [0.25, 0.3) is 0 Å². The van der Waals surface area contributed by atoms with Gasteiger partial charge in [0, 0.05) is 12.7 Å². The lowest BCUT2D eigenvalue weighted by Gasteiger charge is -2.14. The topological polar surface area (TPSA) is 46.9 Å². The Bertz CT molecular complexity index is 389. The first-order valence-electron chi connectivity index (χ1n) is 4.92. The van der Waals surface area contributed by atoms with Crippen LogP contribution in [-0.4, -0.2) is 23.1 Å². The highest BCUT2D eigenvalue weighted by molar-refractivity contribution is 14.1. The summed E-state index contributed by atoms with van der Waals surface area (Å²) < 4.78 is 2.42. The third-order valence-electron chi connectivity index (χ3n) is 2.25. The lowest BCUT2D eigenvalue weighted by atomic mass is 10.2. The molecule has 1 atom stereocenters. The van der Waals surface area contributed by atoms with Gasteiger partial charge in [0.2, 0.25) is 0 Å². The number of aryl methyl sites for hydroxylation is 1. The molecule has 84 valence electrons. The molecule has 1 aromatic rings. The second-order valence-corrected chi connectivity index (χ2v) is 4.89. The van der Waals surface area contributed by atoms with Crippen LogP contribution in [0, 0.1) is 16.4 Å². The van der Waals surface area contributed by atoms with Gasteiger partial charge in [-0.3, -0.25) is 9.36 Å². The maximum Gasteiger partial charge on any atom is 0.266 e. The van der Waals surface area contributed by atoms with E-state index >= 15 is 0 Å². The summed E-state index contributed by atoms with van der Waals surface area (Å²) in [5.74, 6) is 1.20. The molecule has 0 bridgehead atoms. The van der Waals surface area contributed by atoms with Crippen LogP contribution in [0.4, 0.5) is 0 Å². The SMILES string of the molecule is CNCC(C)Cn1c(C)ncc(I)c1=O. The van der Waals surface area contributed by atoms with E-state index in [1.54, 1.807) is 10.8 Å². The van der Waals surface area contributed by atoms with E-state index in [-0.39, 0.29) is 5.56 Å². The van der Waals surface area contributed by atoms with Crippen molar-refractivity contribution < 1.29 is 0 Å². The molecule has 5 heteroatoms. The van der Waals surface area contributed by atoms with Crippen molar-refractivity contribution in [3.63, 3.8) is 0 Å². The molecule has 0 amide bonds. The van der Waals surface area contributed by atoms with Crippen LogP contribution in [0.15, 0.2) is 11.0 Å². The summed E-state index contributed by atoms with van der Waals surface area (Å²) in [6.07, 6.45) is 1.62. The Morgan fingerprint density at radius 1 is 1.67 bits per heavy atom. The van der Waals surface area contributed by atoms with Crippen molar-refractivity contribution in [1.29, 1.82) is 0 Å². The molecule has 0 aliphatic heterocycles. The molecular weight excluding hydrogens is 305 g/mol. The molecule has 1 unspecified atom stereocenters. The van der Waals surface area contributed by atoms with Crippen LogP contribution >= 0.6 is 22.6 Å². The summed E-state index contributed by atoms with van der Waals surface area (Å²) in [6, 6.07) is 0. The molecule has 15 heavy (non-hydrogen) atoms. The van der Waals surface area contributed by atoms with Crippen molar-refractivity contribution >= 4 is 22.6 Å². The molecule has 0 saturated heterocycles. The number of aromatic nitrogens is 2. The van der Waals surface area contributed by atoms with E-state index in [1.807, 2.05) is 36.6 Å². The smallest absolute Gasteiger partial charge is 0.266 e. The van der Waals surface area contributed by atoms with Gasteiger partial charge < -0.3 is 5.32 Å². The quantitative estimate of drug-likeness (QED) is 0.842. The zero-order valence-electron chi connectivity index (χ0n) is 9.25. The predicted octanol–water partition coefficient (Wildman–Crippen LogP) is 1.01. The van der Waals surface area contributed by atoms with Gasteiger partial charge in [0.25, 0.3) is 5.56 Å². The predicted molar refractivity (Wildman–Crippen MR) is 69.0 cm³/mol. The average molecular weight is 321 g/mol. The lowest BCUT2D eigenvalue weighted by Crippen LogP contribution is -2.30. The van der Waals surface area contributed by atoms with E-state index in [0.717, 1.165) is 18.9 Å². The van der Waals surface area contributed by atoms with Crippen LogP contribution in [0.3, 0.4) is 0 Å². The van der Waals surface area contributed by atoms with Crippen LogP contribution in [0.5, 0.6) is 0 Å². The number of nitrogens with one attached hydrogen (secondary N) is 1. The summed E-state index contributed by atoms with van der Waals surface area (Å²) in [5, 5.41) is 3.10. The molecule has 1 heterocycles. The third kappa shape index (κ3) is 3.27. The van der Waals surface area contributed by atoms with Crippen LogP contribution < -0.4 is 10.9 Å². The fourth-order valence-electron chi connectivity index (χ4n) is 1.49. The lowest BCUT2D eigenvalue weighted by molar-refractivity contribution is 0.443. The Labute approximate surface area is 103 Å². The molecule has 0 aliphatic rings. The number of nitrogens with zero attached hydrogens (tertiary/aromatic N) is 2. The molecule has 1 rings (SSSR count). The Hall–Kier alpha value is -0.430. The van der Waals surface area contributed by atoms with Crippen molar-refractivity contribution in [2.75, 3.05) is 13.6 Å². The van der Waals surface area contributed by atoms with Gasteiger partial charge in [-0.25, -0.2) is 4.98 Å². The van der Waals surface area contributed by atoms with Crippen molar-refractivity contribution in [3.05, 3.63) is 25.9 Å². The zero-order chi connectivity index (χ0) is 11.4. The maximum absolute atomic E-state index is 11.8. The fourth-order valence-corrected chi connectivity index (χ4v) is 1.92. The van der Waals surface area contributed by atoms with Crippen molar-refractivity contribution in [3.8, 4) is 0 Å². The normalized spacial score (nSPS) is 12.8. The Kier molecular flexibility index (Phi) is 4.72. The summed E-state index contributed by atoms with van der Waals surface area (Å²) >= 11 is 2.02. The van der Waals surface area contributed by atoms with Crippen molar-refractivity contribution in [2.24, 2.45) is 5.92 Å². The molecule has 0 aliphatic carbocycles. The second-order valence-electron chi connectivity index (χ2n) is 3.73. The minimum absolute atomic E-state index is 0.0612. The van der Waals surface area contributed by atoms with Crippen LogP contribution in [-0.2, 0) is 6.54 Å². The fraction of sp³-hybridized carbons (Fsp3) is 0.600. The van der Waals surface area contributed by atoms with E-state index < -0.39 is 0 Å². The zero-order valence-corrected chi connectivity index (χ0v) is 11.4. The van der Waals surface area contributed by atoms with E-state index in [1.165, 1.54) is 0 Å². The third-order valence-corrected chi connectivity index (χ3v) is 2.99. The van der Waals surface area contributed by atoms with Crippen molar-refractivity contribution in [1.82, 2.24) is 14.9 Å². The first-order chi connectivity index (χ1) is 7.06. The molecule has 0 radical (unpaired) electrons. The number of hydrogen-bond donors (Lipinski definition) is 1. The molecular formula is C10H16IN3O. The summed E-state index contributed by atoms with van der Waals surface area (Å²) in [6.45, 7) is 5.60. The standard InChI is InChI=1S/C10H16IN3O/c1-7(4-12-3)6-14-8(2)13-5-9(11)10(14)15/h5,7,12H,4,6H2,1-3H3. The van der Waals surface area contributed by atoms with Gasteiger partial charge in [0.05, 0.1) is 3.57 Å². The summed E-state index contributed by atoms with van der Waals surface area (Å²) in [4.78, 5) is 16.0. The van der Waals surface area contributed by atoms with E-state index in [0.29, 0.717) is 9.49 Å². The maximum atomic E-state index is 11.8. The Morgan fingerprint density at radius 2 is 2.33 bits per heavy atom. The Morgan fingerprint density at radius 3 is 2.93 bits per heavy atom. The average Bonchev–Trinajstić information content (AvgIpc) is 2.19. The molecule has 0 aromatic carbocycles. The van der Waals surface area contributed by atoms with E-state index in [2.05, 4.69) is 17.2 Å². The van der Waals surface area contributed by atoms with Gasteiger partial charge in [0.15, 0.2) is 0 Å². The van der Waals surface area contributed by atoms with Gasteiger partial charge in [0.1, 0.15) is 5.82 Å². The molecule has 1 aromatic heterocycles. The van der Waals surface area contributed by atoms with Crippen LogP contribution in [0.1, 0.15) is 12.7 Å². The number of hydrogen-bond acceptors (Lipinski definition) is 3. The van der Waals surface area contributed by atoms with Gasteiger partial charge >= 0.3 is 0 Å². The highest BCUT2D eigenvalue weighted by Crippen LogP contribution is 2.02. The molecule has 1 N–H and O–H groups in total. The van der Waals surface area contributed by atoms with Gasteiger partial charge in [-0.15, -0.1) is 0 Å². The Balaban J connectivity index is 2.94. The second kappa shape index (κ2) is 5.60.